The number of amides is 1. The number of aromatic nitrogens is 1. The maximum Gasteiger partial charge on any atom is 0.266 e. The van der Waals surface area contributed by atoms with Crippen molar-refractivity contribution >= 4 is 32.6 Å². The number of fused-ring (bicyclic) bond motifs is 1. The minimum atomic E-state index is -0.0794. The van der Waals surface area contributed by atoms with Crippen molar-refractivity contribution in [3.05, 3.63) is 54.1 Å². The molecule has 3 aromatic rings. The van der Waals surface area contributed by atoms with E-state index >= 15 is 0 Å². The first-order valence-electron chi connectivity index (χ1n) is 10.4. The molecule has 0 radical (unpaired) electrons. The average molecular weight is 426 g/mol. The van der Waals surface area contributed by atoms with Gasteiger partial charge in [-0.1, -0.05) is 48.6 Å². The number of thiazole rings is 1. The number of ether oxygens (including phenoxy) is 2. The minimum Gasteiger partial charge on any atom is -0.484 e. The highest BCUT2D eigenvalue weighted by Crippen LogP contribution is 2.31. The van der Waals surface area contributed by atoms with Gasteiger partial charge in [0.15, 0.2) is 11.7 Å². The van der Waals surface area contributed by atoms with E-state index in [2.05, 4.69) is 30.0 Å². The summed E-state index contributed by atoms with van der Waals surface area (Å²) in [5, 5.41) is 0.737. The molecule has 1 amide bonds. The molecule has 30 heavy (non-hydrogen) atoms. The molecule has 0 atom stereocenters. The molecule has 0 N–H and O–H groups in total. The molecular weight excluding hydrogens is 398 g/mol. The molecule has 0 bridgehead atoms. The van der Waals surface area contributed by atoms with Gasteiger partial charge in [-0.25, -0.2) is 4.98 Å². The standard InChI is InChI=1S/C23H27N3O3S/c1-2-18-7-6-10-20-22(18)24-23(30-20)26(12-11-25-13-15-28-16-14-25)21(27)17-29-19-8-4-3-5-9-19/h3-10H,2,11-17H2,1H3. The zero-order valence-corrected chi connectivity index (χ0v) is 18.1. The van der Waals surface area contributed by atoms with Crippen LogP contribution in [0, 0.1) is 0 Å². The van der Waals surface area contributed by atoms with Crippen molar-refractivity contribution in [2.45, 2.75) is 13.3 Å². The number of carbonyl (C=O) groups is 1. The predicted molar refractivity (Wildman–Crippen MR) is 121 cm³/mol. The van der Waals surface area contributed by atoms with Crippen molar-refractivity contribution in [2.75, 3.05) is 50.9 Å². The topological polar surface area (TPSA) is 54.9 Å². The van der Waals surface area contributed by atoms with Gasteiger partial charge in [-0.15, -0.1) is 0 Å². The van der Waals surface area contributed by atoms with Gasteiger partial charge in [0.1, 0.15) is 5.75 Å². The molecule has 1 aliphatic heterocycles. The van der Waals surface area contributed by atoms with Crippen molar-refractivity contribution in [1.29, 1.82) is 0 Å². The summed E-state index contributed by atoms with van der Waals surface area (Å²) < 4.78 is 12.3. The Kier molecular flexibility index (Phi) is 6.94. The van der Waals surface area contributed by atoms with Gasteiger partial charge in [0.2, 0.25) is 0 Å². The zero-order chi connectivity index (χ0) is 20.8. The van der Waals surface area contributed by atoms with Crippen LogP contribution in [0.25, 0.3) is 10.2 Å². The molecule has 7 heteroatoms. The van der Waals surface area contributed by atoms with Crippen molar-refractivity contribution in [2.24, 2.45) is 0 Å². The van der Waals surface area contributed by atoms with Gasteiger partial charge in [0, 0.05) is 26.2 Å². The molecule has 4 rings (SSSR count). The highest BCUT2D eigenvalue weighted by molar-refractivity contribution is 7.22. The maximum atomic E-state index is 13.1. The summed E-state index contributed by atoms with van der Waals surface area (Å²) in [7, 11) is 0. The molecule has 0 aliphatic carbocycles. The lowest BCUT2D eigenvalue weighted by Gasteiger charge is -2.29. The van der Waals surface area contributed by atoms with E-state index in [0.29, 0.717) is 12.3 Å². The lowest BCUT2D eigenvalue weighted by Crippen LogP contribution is -2.44. The fourth-order valence-corrected chi connectivity index (χ4v) is 4.58. The second-order valence-electron chi connectivity index (χ2n) is 7.21. The Morgan fingerprint density at radius 1 is 1.17 bits per heavy atom. The van der Waals surface area contributed by atoms with E-state index in [1.165, 1.54) is 5.56 Å². The molecular formula is C23H27N3O3S. The SMILES string of the molecule is CCc1cccc2sc(N(CCN3CCOCC3)C(=O)COc3ccccc3)nc12. The van der Waals surface area contributed by atoms with Crippen LogP contribution in [0.15, 0.2) is 48.5 Å². The highest BCUT2D eigenvalue weighted by atomic mass is 32.1. The molecule has 1 aromatic heterocycles. The van der Waals surface area contributed by atoms with E-state index in [1.54, 1.807) is 16.2 Å². The van der Waals surface area contributed by atoms with Gasteiger partial charge in [0.05, 0.1) is 23.4 Å². The van der Waals surface area contributed by atoms with Gasteiger partial charge in [-0.3, -0.25) is 14.6 Å². The Morgan fingerprint density at radius 2 is 1.97 bits per heavy atom. The van der Waals surface area contributed by atoms with E-state index in [9.17, 15) is 4.79 Å². The number of hydrogen-bond acceptors (Lipinski definition) is 6. The van der Waals surface area contributed by atoms with E-state index in [4.69, 9.17) is 14.5 Å². The van der Waals surface area contributed by atoms with Crippen LogP contribution in [0.2, 0.25) is 0 Å². The number of nitrogens with zero attached hydrogens (tertiary/aromatic N) is 3. The van der Waals surface area contributed by atoms with Crippen LogP contribution in [-0.2, 0) is 16.0 Å². The summed E-state index contributed by atoms with van der Waals surface area (Å²) in [6, 6.07) is 15.7. The Bertz CT molecular complexity index is 970. The van der Waals surface area contributed by atoms with Crippen LogP contribution in [0.4, 0.5) is 5.13 Å². The van der Waals surface area contributed by atoms with E-state index in [0.717, 1.165) is 54.6 Å². The fourth-order valence-electron chi connectivity index (χ4n) is 3.53. The third-order valence-corrected chi connectivity index (χ3v) is 6.30. The monoisotopic (exact) mass is 425 g/mol. The zero-order valence-electron chi connectivity index (χ0n) is 17.3. The molecule has 2 aromatic carbocycles. The quantitative estimate of drug-likeness (QED) is 0.552. The second kappa shape index (κ2) is 10.0. The van der Waals surface area contributed by atoms with Crippen LogP contribution in [0.3, 0.4) is 0 Å². The van der Waals surface area contributed by atoms with Gasteiger partial charge < -0.3 is 9.47 Å². The van der Waals surface area contributed by atoms with Crippen LogP contribution in [-0.4, -0.2) is 61.8 Å². The minimum absolute atomic E-state index is 0.0102. The fraction of sp³-hybridized carbons (Fsp3) is 0.391. The number of aryl methyl sites for hydroxylation is 1. The number of carbonyl (C=O) groups excluding carboxylic acids is 1. The molecule has 1 fully saturated rings. The summed E-state index contributed by atoms with van der Waals surface area (Å²) in [5.74, 6) is 0.612. The van der Waals surface area contributed by atoms with Crippen LogP contribution >= 0.6 is 11.3 Å². The third-order valence-electron chi connectivity index (χ3n) is 5.25. The predicted octanol–water partition coefficient (Wildman–Crippen LogP) is 3.60. The Balaban J connectivity index is 1.53. The number of morpholine rings is 1. The summed E-state index contributed by atoms with van der Waals surface area (Å²) in [6.07, 6.45) is 0.916. The summed E-state index contributed by atoms with van der Waals surface area (Å²) in [4.78, 5) is 22.1. The van der Waals surface area contributed by atoms with Gasteiger partial charge >= 0.3 is 0 Å². The normalized spacial score (nSPS) is 14.7. The molecule has 2 heterocycles. The smallest absolute Gasteiger partial charge is 0.266 e. The lowest BCUT2D eigenvalue weighted by molar-refractivity contribution is -0.120. The molecule has 0 saturated carbocycles. The molecule has 1 saturated heterocycles. The highest BCUT2D eigenvalue weighted by Gasteiger charge is 2.22. The van der Waals surface area contributed by atoms with E-state index < -0.39 is 0 Å². The van der Waals surface area contributed by atoms with Gasteiger partial charge in [-0.2, -0.15) is 0 Å². The maximum absolute atomic E-state index is 13.1. The Morgan fingerprint density at radius 3 is 2.73 bits per heavy atom. The average Bonchev–Trinajstić information content (AvgIpc) is 3.23. The molecule has 0 unspecified atom stereocenters. The van der Waals surface area contributed by atoms with Crippen LogP contribution in [0.1, 0.15) is 12.5 Å². The van der Waals surface area contributed by atoms with Crippen molar-refractivity contribution in [1.82, 2.24) is 9.88 Å². The largest absolute Gasteiger partial charge is 0.484 e. The Hall–Kier alpha value is -2.48. The molecule has 6 nitrogen and oxygen atoms in total. The summed E-state index contributed by atoms with van der Waals surface area (Å²) in [6.45, 7) is 6.75. The first-order valence-corrected chi connectivity index (χ1v) is 11.2. The number of hydrogen-bond donors (Lipinski definition) is 0. The Labute approximate surface area is 181 Å². The number of para-hydroxylation sites is 2. The lowest BCUT2D eigenvalue weighted by atomic mass is 10.1. The number of benzene rings is 2. The second-order valence-corrected chi connectivity index (χ2v) is 8.22. The van der Waals surface area contributed by atoms with Gasteiger partial charge in [-0.05, 0) is 30.2 Å². The number of anilines is 1. The number of rotatable bonds is 8. The van der Waals surface area contributed by atoms with Crippen molar-refractivity contribution < 1.29 is 14.3 Å². The van der Waals surface area contributed by atoms with Crippen molar-refractivity contribution in [3.63, 3.8) is 0 Å². The molecule has 1 aliphatic rings. The van der Waals surface area contributed by atoms with Crippen LogP contribution < -0.4 is 9.64 Å². The van der Waals surface area contributed by atoms with Crippen molar-refractivity contribution in [3.8, 4) is 5.75 Å². The first-order chi connectivity index (χ1) is 14.7. The molecule has 0 spiro atoms. The van der Waals surface area contributed by atoms with Crippen LogP contribution in [0.5, 0.6) is 5.75 Å². The van der Waals surface area contributed by atoms with E-state index in [1.807, 2.05) is 30.3 Å². The molecule has 158 valence electrons. The summed E-state index contributed by atoms with van der Waals surface area (Å²) in [5.41, 5.74) is 2.20. The summed E-state index contributed by atoms with van der Waals surface area (Å²) >= 11 is 1.57. The third kappa shape index (κ3) is 4.98. The first kappa shape index (κ1) is 20.8. The van der Waals surface area contributed by atoms with E-state index in [-0.39, 0.29) is 12.5 Å². The van der Waals surface area contributed by atoms with Gasteiger partial charge in [0.25, 0.3) is 5.91 Å².